The average Bonchev–Trinajstić information content (AvgIpc) is 2.16. The Kier molecular flexibility index (Phi) is 3.63. The van der Waals surface area contributed by atoms with Crippen molar-refractivity contribution < 1.29 is 18.0 Å². The van der Waals surface area contributed by atoms with Crippen molar-refractivity contribution in [2.45, 2.75) is 6.18 Å². The molecule has 1 aromatic rings. The smallest absolute Gasteiger partial charge is 0.325 e. The zero-order valence-electron chi connectivity index (χ0n) is 9.14. The number of rotatable bonds is 2. The van der Waals surface area contributed by atoms with Gasteiger partial charge in [0.15, 0.2) is 0 Å². The van der Waals surface area contributed by atoms with Gasteiger partial charge in [0.25, 0.3) is 0 Å². The van der Waals surface area contributed by atoms with Gasteiger partial charge in [-0.1, -0.05) is 0 Å². The Morgan fingerprint density at radius 3 is 2.56 bits per heavy atom. The van der Waals surface area contributed by atoms with E-state index >= 15 is 0 Å². The van der Waals surface area contributed by atoms with Gasteiger partial charge in [-0.25, -0.2) is 0 Å². The number of alkyl halides is 3. The van der Waals surface area contributed by atoms with Crippen molar-refractivity contribution in [2.24, 2.45) is 5.92 Å². The Balaban J connectivity index is 2.18. The van der Waals surface area contributed by atoms with Crippen LogP contribution in [0.1, 0.15) is 5.56 Å². The predicted octanol–water partition coefficient (Wildman–Crippen LogP) is 2.63. The van der Waals surface area contributed by atoms with E-state index < -0.39 is 11.7 Å². The van der Waals surface area contributed by atoms with Crippen LogP contribution in [0, 0.1) is 5.92 Å². The first-order chi connectivity index (χ1) is 8.38. The summed E-state index contributed by atoms with van der Waals surface area (Å²) in [4.78, 5) is 11.7. The fraction of sp³-hybridized carbons (Fsp3) is 0.364. The molecule has 2 rings (SSSR count). The second kappa shape index (κ2) is 4.89. The second-order valence-electron chi connectivity index (χ2n) is 4.04. The molecule has 0 aliphatic carbocycles. The summed E-state index contributed by atoms with van der Waals surface area (Å²) >= 11 is 3.12. The molecule has 0 radical (unpaired) electrons. The molecular formula is C11H10BrF3N2O. The molecule has 0 unspecified atom stereocenters. The van der Waals surface area contributed by atoms with Crippen molar-refractivity contribution in [2.75, 3.05) is 18.4 Å². The van der Waals surface area contributed by atoms with Gasteiger partial charge in [0.1, 0.15) is 0 Å². The molecule has 1 fully saturated rings. The summed E-state index contributed by atoms with van der Waals surface area (Å²) < 4.78 is 38.0. The minimum absolute atomic E-state index is 0.140. The summed E-state index contributed by atoms with van der Waals surface area (Å²) in [5.41, 5.74) is -0.644. The van der Waals surface area contributed by atoms with Gasteiger partial charge < -0.3 is 10.6 Å². The molecule has 0 atom stereocenters. The lowest BCUT2D eigenvalue weighted by Crippen LogP contribution is -2.48. The Hall–Kier alpha value is -1.08. The highest BCUT2D eigenvalue weighted by molar-refractivity contribution is 9.10. The van der Waals surface area contributed by atoms with Crippen molar-refractivity contribution in [3.63, 3.8) is 0 Å². The monoisotopic (exact) mass is 322 g/mol. The number of anilines is 1. The molecular weight excluding hydrogens is 313 g/mol. The fourth-order valence-electron chi connectivity index (χ4n) is 1.51. The molecule has 7 heteroatoms. The highest BCUT2D eigenvalue weighted by Crippen LogP contribution is 2.34. The maximum absolute atomic E-state index is 12.5. The SMILES string of the molecule is O=C(Nc1cc(C(F)(F)F)ccc1Br)C1CNC1. The highest BCUT2D eigenvalue weighted by atomic mass is 79.9. The summed E-state index contributed by atoms with van der Waals surface area (Å²) in [6.07, 6.45) is -4.42. The topological polar surface area (TPSA) is 41.1 Å². The standard InChI is InChI=1S/C11H10BrF3N2O/c12-8-2-1-7(11(13,14)15)3-9(8)17-10(18)6-4-16-5-6/h1-3,6,16H,4-5H2,(H,17,18). The molecule has 1 saturated heterocycles. The molecule has 2 N–H and O–H groups in total. The molecule has 1 aliphatic heterocycles. The van der Waals surface area contributed by atoms with Crippen LogP contribution in [0.25, 0.3) is 0 Å². The van der Waals surface area contributed by atoms with Gasteiger partial charge >= 0.3 is 6.18 Å². The fourth-order valence-corrected chi connectivity index (χ4v) is 1.85. The van der Waals surface area contributed by atoms with Gasteiger partial charge in [-0.05, 0) is 34.1 Å². The molecule has 0 aromatic heterocycles. The molecule has 18 heavy (non-hydrogen) atoms. The lowest BCUT2D eigenvalue weighted by molar-refractivity contribution is -0.137. The van der Waals surface area contributed by atoms with Crippen LogP contribution in [0.15, 0.2) is 22.7 Å². The van der Waals surface area contributed by atoms with Crippen LogP contribution in [0.3, 0.4) is 0 Å². The van der Waals surface area contributed by atoms with Gasteiger partial charge in [0.2, 0.25) is 5.91 Å². The quantitative estimate of drug-likeness (QED) is 0.878. The van der Waals surface area contributed by atoms with E-state index in [9.17, 15) is 18.0 Å². The number of nitrogens with one attached hydrogen (secondary N) is 2. The summed E-state index contributed by atoms with van der Waals surface area (Å²) in [5, 5.41) is 5.42. The lowest BCUT2D eigenvalue weighted by Gasteiger charge is -2.26. The number of hydrogen-bond donors (Lipinski definition) is 2. The van der Waals surface area contributed by atoms with Gasteiger partial charge in [0.05, 0.1) is 17.2 Å². The third-order valence-corrected chi connectivity index (χ3v) is 3.40. The third-order valence-electron chi connectivity index (χ3n) is 2.70. The summed E-state index contributed by atoms with van der Waals surface area (Å²) in [5.74, 6) is -0.444. The Bertz CT molecular complexity index is 472. The number of benzene rings is 1. The van der Waals surface area contributed by atoms with Crippen LogP contribution in [0.2, 0.25) is 0 Å². The molecule has 1 amide bonds. The lowest BCUT2D eigenvalue weighted by atomic mass is 10.0. The molecule has 1 aliphatic rings. The number of amides is 1. The van der Waals surface area contributed by atoms with E-state index in [0.29, 0.717) is 17.6 Å². The molecule has 1 aromatic carbocycles. The van der Waals surface area contributed by atoms with Crippen LogP contribution in [0.4, 0.5) is 18.9 Å². The number of hydrogen-bond acceptors (Lipinski definition) is 2. The number of carbonyl (C=O) groups is 1. The van der Waals surface area contributed by atoms with Crippen LogP contribution in [-0.2, 0) is 11.0 Å². The van der Waals surface area contributed by atoms with Crippen molar-refractivity contribution in [1.29, 1.82) is 0 Å². The van der Waals surface area contributed by atoms with Crippen LogP contribution >= 0.6 is 15.9 Å². The van der Waals surface area contributed by atoms with E-state index in [0.717, 1.165) is 12.1 Å². The van der Waals surface area contributed by atoms with E-state index in [1.54, 1.807) is 0 Å². The van der Waals surface area contributed by atoms with Gasteiger partial charge in [-0.3, -0.25) is 4.79 Å². The predicted molar refractivity (Wildman–Crippen MR) is 64.1 cm³/mol. The summed E-state index contributed by atoms with van der Waals surface area (Å²) in [6, 6.07) is 3.16. The minimum atomic E-state index is -4.42. The molecule has 0 bridgehead atoms. The summed E-state index contributed by atoms with van der Waals surface area (Å²) in [7, 11) is 0. The maximum atomic E-state index is 12.5. The largest absolute Gasteiger partial charge is 0.416 e. The first kappa shape index (κ1) is 13.4. The van der Waals surface area contributed by atoms with Crippen LogP contribution < -0.4 is 10.6 Å². The first-order valence-electron chi connectivity index (χ1n) is 5.26. The van der Waals surface area contributed by atoms with Crippen molar-refractivity contribution in [1.82, 2.24) is 5.32 Å². The van der Waals surface area contributed by atoms with Gasteiger partial charge in [-0.2, -0.15) is 13.2 Å². The van der Waals surface area contributed by atoms with Crippen molar-refractivity contribution in [3.05, 3.63) is 28.2 Å². The van der Waals surface area contributed by atoms with E-state index in [-0.39, 0.29) is 17.5 Å². The zero-order chi connectivity index (χ0) is 13.3. The molecule has 98 valence electrons. The van der Waals surface area contributed by atoms with Crippen molar-refractivity contribution >= 4 is 27.5 Å². The molecule has 3 nitrogen and oxygen atoms in total. The Labute approximate surface area is 110 Å². The molecule has 0 spiro atoms. The maximum Gasteiger partial charge on any atom is 0.416 e. The number of halogens is 4. The normalized spacial score (nSPS) is 16.2. The van der Waals surface area contributed by atoms with E-state index in [4.69, 9.17) is 0 Å². The molecule has 1 heterocycles. The summed E-state index contributed by atoms with van der Waals surface area (Å²) in [6.45, 7) is 1.12. The first-order valence-corrected chi connectivity index (χ1v) is 6.05. The Morgan fingerprint density at radius 1 is 1.39 bits per heavy atom. The van der Waals surface area contributed by atoms with E-state index in [2.05, 4.69) is 26.6 Å². The average molecular weight is 323 g/mol. The van der Waals surface area contributed by atoms with Gasteiger partial charge in [0, 0.05) is 17.6 Å². The minimum Gasteiger partial charge on any atom is -0.325 e. The Morgan fingerprint density at radius 2 is 2.06 bits per heavy atom. The second-order valence-corrected chi connectivity index (χ2v) is 4.89. The van der Waals surface area contributed by atoms with Crippen LogP contribution in [0.5, 0.6) is 0 Å². The highest BCUT2D eigenvalue weighted by Gasteiger charge is 2.31. The third kappa shape index (κ3) is 2.84. The van der Waals surface area contributed by atoms with Gasteiger partial charge in [-0.15, -0.1) is 0 Å². The van der Waals surface area contributed by atoms with Crippen molar-refractivity contribution in [3.8, 4) is 0 Å². The zero-order valence-corrected chi connectivity index (χ0v) is 10.7. The van der Waals surface area contributed by atoms with Crippen LogP contribution in [-0.4, -0.2) is 19.0 Å². The van der Waals surface area contributed by atoms with E-state index in [1.165, 1.54) is 6.07 Å². The number of carbonyl (C=O) groups excluding carboxylic acids is 1. The molecule has 0 saturated carbocycles. The van der Waals surface area contributed by atoms with E-state index in [1.807, 2.05) is 0 Å².